The fraction of sp³-hybridized carbons (Fsp3) is 0.641. The average molecular weight is 753 g/mol. The van der Waals surface area contributed by atoms with Gasteiger partial charge in [-0.05, 0) is 74.5 Å². The third-order valence-electron chi connectivity index (χ3n) is 11.5. The molecule has 3 heterocycles. The molecule has 5 aliphatic rings. The maximum Gasteiger partial charge on any atom is 0.410 e. The summed E-state index contributed by atoms with van der Waals surface area (Å²) >= 11 is 0. The third kappa shape index (κ3) is 8.07. The Morgan fingerprint density at radius 2 is 1.81 bits per heavy atom. The summed E-state index contributed by atoms with van der Waals surface area (Å²) in [7, 11) is -3.86. The summed E-state index contributed by atoms with van der Waals surface area (Å²) in [5.41, 5.74) is 1.90. The maximum atomic E-state index is 14.4. The Kier molecular flexibility index (Phi) is 10.7. The monoisotopic (exact) mass is 752 g/mol. The Balaban J connectivity index is 1.30. The maximum absolute atomic E-state index is 14.4. The number of fused-ring (bicyclic) bond motifs is 3. The summed E-state index contributed by atoms with van der Waals surface area (Å²) in [6.45, 7) is 19.8. The van der Waals surface area contributed by atoms with Crippen LogP contribution in [-0.4, -0.2) is 95.2 Å². The number of benzene rings is 1. The molecule has 3 N–H and O–H groups in total. The molecular formula is C39H56N6O7S. The van der Waals surface area contributed by atoms with E-state index in [2.05, 4.69) is 34.6 Å². The molecule has 3 fully saturated rings. The van der Waals surface area contributed by atoms with E-state index in [4.69, 9.17) is 4.74 Å². The van der Waals surface area contributed by atoms with E-state index < -0.39 is 68.2 Å². The van der Waals surface area contributed by atoms with Crippen LogP contribution in [0.15, 0.2) is 43.1 Å². The minimum Gasteiger partial charge on any atom is -0.444 e. The van der Waals surface area contributed by atoms with E-state index in [1.807, 2.05) is 51.7 Å². The van der Waals surface area contributed by atoms with Crippen LogP contribution in [-0.2, 0) is 43.9 Å². The predicted octanol–water partition coefficient (Wildman–Crippen LogP) is 4.33. The highest BCUT2D eigenvalue weighted by molar-refractivity contribution is 7.91. The van der Waals surface area contributed by atoms with Gasteiger partial charge in [0, 0.05) is 43.7 Å². The van der Waals surface area contributed by atoms with Gasteiger partial charge in [0.2, 0.25) is 15.9 Å². The zero-order chi connectivity index (χ0) is 38.5. The van der Waals surface area contributed by atoms with Gasteiger partial charge in [0.1, 0.15) is 17.7 Å². The quantitative estimate of drug-likeness (QED) is 0.348. The Hall–Kier alpha value is -4.07. The van der Waals surface area contributed by atoms with Crippen molar-refractivity contribution in [1.29, 1.82) is 0 Å². The van der Waals surface area contributed by atoms with Crippen LogP contribution in [0.4, 0.5) is 9.59 Å². The molecule has 4 bridgehead atoms. The van der Waals surface area contributed by atoms with Gasteiger partial charge in [0.25, 0.3) is 5.91 Å². The molecule has 1 aromatic rings. The lowest BCUT2D eigenvalue weighted by molar-refractivity contribution is -0.131. The van der Waals surface area contributed by atoms with E-state index >= 15 is 0 Å². The van der Waals surface area contributed by atoms with E-state index in [1.54, 1.807) is 15.9 Å². The Labute approximate surface area is 314 Å². The second kappa shape index (κ2) is 14.6. The Morgan fingerprint density at radius 3 is 2.45 bits per heavy atom. The third-order valence-corrected chi connectivity index (χ3v) is 13.3. The minimum absolute atomic E-state index is 0.0575. The van der Waals surface area contributed by atoms with Crippen LogP contribution < -0.4 is 15.4 Å². The summed E-state index contributed by atoms with van der Waals surface area (Å²) in [4.78, 5) is 60.9. The molecular weight excluding hydrogens is 697 g/mol. The molecule has 1 aromatic carbocycles. The fourth-order valence-corrected chi connectivity index (χ4v) is 9.44. The molecule has 0 radical (unpaired) electrons. The highest BCUT2D eigenvalue weighted by atomic mass is 32.2. The zero-order valence-corrected chi connectivity index (χ0v) is 32.6. The number of hydrogen-bond donors (Lipinski definition) is 3. The van der Waals surface area contributed by atoms with Crippen molar-refractivity contribution in [3.05, 3.63) is 59.8 Å². The molecule has 0 spiro atoms. The SMILES string of the molecule is C=C[C@@H]1C[C@]1(NC(=O)[C@@H]1C[C@@H]2CN1C(=C)[C@H](C(C)(C)C)NC(=O)N(C(C)C)CCCCCc1cccc3c1CN(C3)C(=O)O2)C(=O)NS(=O)(=O)C1CC1. The highest BCUT2D eigenvalue weighted by Gasteiger charge is 2.62. The molecule has 290 valence electrons. The van der Waals surface area contributed by atoms with Crippen molar-refractivity contribution in [1.82, 2.24) is 30.1 Å². The first-order chi connectivity index (χ1) is 24.9. The van der Waals surface area contributed by atoms with Crippen LogP contribution in [0, 0.1) is 11.3 Å². The lowest BCUT2D eigenvalue weighted by Crippen LogP contribution is -2.58. The van der Waals surface area contributed by atoms with Gasteiger partial charge in [-0.1, -0.05) is 58.0 Å². The molecule has 0 aromatic heterocycles. The Morgan fingerprint density at radius 1 is 1.09 bits per heavy atom. The van der Waals surface area contributed by atoms with Gasteiger partial charge in [-0.25, -0.2) is 18.0 Å². The van der Waals surface area contributed by atoms with Crippen LogP contribution in [0.5, 0.6) is 0 Å². The van der Waals surface area contributed by atoms with E-state index in [-0.39, 0.29) is 31.5 Å². The number of hydrogen-bond acceptors (Lipinski definition) is 8. The largest absolute Gasteiger partial charge is 0.444 e. The molecule has 13 nitrogen and oxygen atoms in total. The molecule has 14 heteroatoms. The number of nitrogens with one attached hydrogen (secondary N) is 3. The standard InChI is InChI=1S/C39H56N6O7S/c1-8-28-20-39(28,35(47)42-53(50,51)30-16-17-30)41-34(46)32-19-29-22-45(32)25(4)33(38(5,6)7)40-36(48)44(24(2)3)18-11-9-10-13-26-14-12-15-27-21-43(23-31(26)27)37(49)52-29/h8,12,14-15,24,28-30,32-33H,1,4,9-11,13,16-23H2,2-3,5-7H3,(H,40,48)(H,41,46)(H,42,47)/t28-,29-,32+,33-,39-/m1/s1. The normalized spacial score (nSPS) is 28.4. The van der Waals surface area contributed by atoms with Crippen LogP contribution in [0.3, 0.4) is 0 Å². The molecule has 5 amide bonds. The minimum atomic E-state index is -3.86. The van der Waals surface area contributed by atoms with E-state index in [0.717, 1.165) is 36.8 Å². The topological polar surface area (TPSA) is 157 Å². The van der Waals surface area contributed by atoms with Crippen molar-refractivity contribution in [3.8, 4) is 0 Å². The van der Waals surface area contributed by atoms with Crippen molar-refractivity contribution in [3.63, 3.8) is 0 Å². The average Bonchev–Trinajstić information content (AvgIpc) is 3.97. The number of nitrogens with zero attached hydrogens (tertiary/aromatic N) is 3. The van der Waals surface area contributed by atoms with Crippen molar-refractivity contribution >= 4 is 34.0 Å². The van der Waals surface area contributed by atoms with E-state index in [9.17, 15) is 27.6 Å². The lowest BCUT2D eigenvalue weighted by atomic mass is 9.84. The number of ether oxygens (including phenoxy) is 1. The van der Waals surface area contributed by atoms with Crippen LogP contribution in [0.25, 0.3) is 0 Å². The van der Waals surface area contributed by atoms with Gasteiger partial charge in [0.05, 0.1) is 17.8 Å². The summed E-state index contributed by atoms with van der Waals surface area (Å²) in [5, 5.41) is 5.50. The lowest BCUT2D eigenvalue weighted by Gasteiger charge is -2.40. The first kappa shape index (κ1) is 38.6. The number of carbonyl (C=O) groups is 4. The number of aryl methyl sites for hydroxylation is 1. The Bertz CT molecular complexity index is 1770. The first-order valence-corrected chi connectivity index (χ1v) is 20.6. The molecule has 53 heavy (non-hydrogen) atoms. The van der Waals surface area contributed by atoms with Gasteiger partial charge in [-0.2, -0.15) is 0 Å². The molecule has 2 saturated carbocycles. The van der Waals surface area contributed by atoms with Crippen molar-refractivity contribution < 1.29 is 32.3 Å². The van der Waals surface area contributed by atoms with Crippen molar-refractivity contribution in [2.45, 2.75) is 134 Å². The highest BCUT2D eigenvalue weighted by Crippen LogP contribution is 2.46. The van der Waals surface area contributed by atoms with Gasteiger partial charge < -0.3 is 25.2 Å². The van der Waals surface area contributed by atoms with Crippen molar-refractivity contribution in [2.24, 2.45) is 11.3 Å². The summed E-state index contributed by atoms with van der Waals surface area (Å²) < 4.78 is 33.8. The van der Waals surface area contributed by atoms with E-state index in [1.165, 1.54) is 5.56 Å². The second-order valence-corrected chi connectivity index (χ2v) is 18.8. The van der Waals surface area contributed by atoms with Gasteiger partial charge in [-0.3, -0.25) is 19.2 Å². The first-order valence-electron chi connectivity index (χ1n) is 19.0. The zero-order valence-electron chi connectivity index (χ0n) is 31.8. The fourth-order valence-electron chi connectivity index (χ4n) is 8.08. The molecule has 2 aliphatic carbocycles. The number of rotatable bonds is 7. The molecule has 1 saturated heterocycles. The van der Waals surface area contributed by atoms with Crippen LogP contribution in [0.2, 0.25) is 0 Å². The molecule has 3 aliphatic heterocycles. The van der Waals surface area contributed by atoms with E-state index in [0.29, 0.717) is 38.2 Å². The number of amides is 5. The molecule has 0 unspecified atom stereocenters. The summed E-state index contributed by atoms with van der Waals surface area (Å²) in [6.07, 6.45) is 5.22. The van der Waals surface area contributed by atoms with Crippen LogP contribution >= 0.6 is 0 Å². The smallest absolute Gasteiger partial charge is 0.410 e. The van der Waals surface area contributed by atoms with Crippen molar-refractivity contribution in [2.75, 3.05) is 13.1 Å². The molecule has 5 atom stereocenters. The number of urea groups is 1. The second-order valence-electron chi connectivity index (χ2n) is 16.8. The number of carbonyl (C=O) groups excluding carboxylic acids is 4. The number of sulfonamides is 1. The van der Waals surface area contributed by atoms with Gasteiger partial charge in [0.15, 0.2) is 0 Å². The molecule has 6 rings (SSSR count). The predicted molar refractivity (Wildman–Crippen MR) is 201 cm³/mol. The summed E-state index contributed by atoms with van der Waals surface area (Å²) in [6, 6.07) is 4.34. The summed E-state index contributed by atoms with van der Waals surface area (Å²) in [5.74, 6) is -1.79. The van der Waals surface area contributed by atoms with Gasteiger partial charge >= 0.3 is 12.1 Å². The van der Waals surface area contributed by atoms with Gasteiger partial charge in [-0.15, -0.1) is 6.58 Å². The van der Waals surface area contributed by atoms with Crippen LogP contribution in [0.1, 0.15) is 96.3 Å².